The topological polar surface area (TPSA) is 68.9 Å². The third kappa shape index (κ3) is 8.43. The Bertz CT molecular complexity index is 455. The van der Waals surface area contributed by atoms with E-state index in [-0.39, 0.29) is 36.1 Å². The largest absolute Gasteiger partial charge is 0.489 e. The van der Waals surface area contributed by atoms with Crippen LogP contribution in [0.4, 0.5) is 0 Å². The number of aryl methyl sites for hydroxylation is 1. The third-order valence-electron chi connectivity index (χ3n) is 3.02. The minimum Gasteiger partial charge on any atom is -0.489 e. The van der Waals surface area contributed by atoms with Gasteiger partial charge >= 0.3 is 0 Å². The average molecular weight is 421 g/mol. The number of rotatable bonds is 8. The van der Waals surface area contributed by atoms with Gasteiger partial charge in [0.1, 0.15) is 11.9 Å². The maximum absolute atomic E-state index is 5.93. The summed E-state index contributed by atoms with van der Waals surface area (Å²) in [5.74, 6) is 1.29. The monoisotopic (exact) mass is 421 g/mol. The Morgan fingerprint density at radius 1 is 1.41 bits per heavy atom. The van der Waals surface area contributed by atoms with Crippen molar-refractivity contribution in [3.05, 3.63) is 29.8 Å². The number of nitrogens with zero attached hydrogens (tertiary/aromatic N) is 1. The van der Waals surface area contributed by atoms with E-state index in [2.05, 4.69) is 17.2 Å². The highest BCUT2D eigenvalue weighted by atomic mass is 127. The van der Waals surface area contributed by atoms with Crippen LogP contribution in [-0.2, 0) is 4.74 Å². The van der Waals surface area contributed by atoms with Gasteiger partial charge in [0, 0.05) is 13.2 Å². The fourth-order valence-electron chi connectivity index (χ4n) is 1.92. The summed E-state index contributed by atoms with van der Waals surface area (Å²) in [4.78, 5) is 4.34. The Hall–Kier alpha value is -1.02. The Kier molecular flexibility index (Phi) is 11.0. The van der Waals surface area contributed by atoms with Gasteiger partial charge < -0.3 is 20.5 Å². The zero-order valence-electron chi connectivity index (χ0n) is 13.8. The van der Waals surface area contributed by atoms with E-state index >= 15 is 0 Å². The molecule has 126 valence electrons. The van der Waals surface area contributed by atoms with Crippen molar-refractivity contribution in [2.75, 3.05) is 20.3 Å². The number of aliphatic imine (C=N–C) groups is 1. The highest BCUT2D eigenvalue weighted by Gasteiger charge is 2.08. The Labute approximate surface area is 150 Å². The molecular weight excluding hydrogens is 393 g/mol. The van der Waals surface area contributed by atoms with E-state index in [1.54, 1.807) is 7.11 Å². The predicted molar refractivity (Wildman–Crippen MR) is 102 cm³/mol. The van der Waals surface area contributed by atoms with Crippen molar-refractivity contribution in [3.63, 3.8) is 0 Å². The number of guanidine groups is 1. The Balaban J connectivity index is 0.00000441. The van der Waals surface area contributed by atoms with E-state index < -0.39 is 0 Å². The number of nitrogens with one attached hydrogen (secondary N) is 1. The number of ether oxygens (including phenoxy) is 2. The van der Waals surface area contributed by atoms with Crippen molar-refractivity contribution in [2.45, 2.75) is 39.3 Å². The second-order valence-corrected chi connectivity index (χ2v) is 5.19. The lowest BCUT2D eigenvalue weighted by molar-refractivity contribution is 0.179. The van der Waals surface area contributed by atoms with Gasteiger partial charge in [0.25, 0.3) is 0 Å². The van der Waals surface area contributed by atoms with E-state index in [1.165, 1.54) is 5.56 Å². The highest BCUT2D eigenvalue weighted by Crippen LogP contribution is 2.15. The number of hydrogen-bond donors (Lipinski definition) is 2. The fraction of sp³-hybridized carbons (Fsp3) is 0.562. The molecule has 5 nitrogen and oxygen atoms in total. The fourth-order valence-corrected chi connectivity index (χ4v) is 1.92. The molecule has 0 heterocycles. The standard InChI is InChI=1S/C16H27N3O2.HI/c1-5-14(21-15-8-6-7-12(2)9-15)10-18-16(17)19-13(3)11-20-4;/h6-9,13-14H,5,10-11H2,1-4H3,(H3,17,18,19);1H. The molecule has 2 unspecified atom stereocenters. The van der Waals surface area contributed by atoms with Gasteiger partial charge in [-0.1, -0.05) is 19.1 Å². The van der Waals surface area contributed by atoms with E-state index in [1.807, 2.05) is 38.1 Å². The molecule has 6 heteroatoms. The first kappa shape index (κ1) is 21.0. The van der Waals surface area contributed by atoms with Crippen LogP contribution in [0.15, 0.2) is 29.3 Å². The molecule has 0 aliphatic carbocycles. The van der Waals surface area contributed by atoms with Crippen LogP contribution in [0, 0.1) is 6.92 Å². The van der Waals surface area contributed by atoms with Gasteiger partial charge in [0.05, 0.1) is 13.2 Å². The molecule has 0 spiro atoms. The molecule has 0 bridgehead atoms. The maximum Gasteiger partial charge on any atom is 0.189 e. The first-order valence-electron chi connectivity index (χ1n) is 7.33. The minimum absolute atomic E-state index is 0. The molecule has 0 aliphatic heterocycles. The highest BCUT2D eigenvalue weighted by molar-refractivity contribution is 14.0. The van der Waals surface area contributed by atoms with Gasteiger partial charge in [-0.15, -0.1) is 24.0 Å². The summed E-state index contributed by atoms with van der Waals surface area (Å²) < 4.78 is 11.0. The molecule has 1 aromatic carbocycles. The van der Waals surface area contributed by atoms with Crippen LogP contribution in [0.3, 0.4) is 0 Å². The molecule has 0 saturated heterocycles. The lowest BCUT2D eigenvalue weighted by Crippen LogP contribution is -2.41. The van der Waals surface area contributed by atoms with Crippen LogP contribution in [0.1, 0.15) is 25.8 Å². The lowest BCUT2D eigenvalue weighted by atomic mass is 10.2. The second-order valence-electron chi connectivity index (χ2n) is 5.19. The zero-order chi connectivity index (χ0) is 15.7. The van der Waals surface area contributed by atoms with Crippen molar-refractivity contribution in [1.82, 2.24) is 5.32 Å². The molecule has 1 rings (SSSR count). The smallest absolute Gasteiger partial charge is 0.189 e. The summed E-state index contributed by atoms with van der Waals surface area (Å²) in [6.07, 6.45) is 0.892. The molecule has 2 atom stereocenters. The number of hydrogen-bond acceptors (Lipinski definition) is 3. The first-order valence-corrected chi connectivity index (χ1v) is 7.33. The van der Waals surface area contributed by atoms with Crippen molar-refractivity contribution in [1.29, 1.82) is 0 Å². The Morgan fingerprint density at radius 2 is 2.14 bits per heavy atom. The number of nitrogens with two attached hydrogens (primary N) is 1. The third-order valence-corrected chi connectivity index (χ3v) is 3.02. The molecule has 0 aromatic heterocycles. The summed E-state index contributed by atoms with van der Waals surface area (Å²) in [5.41, 5.74) is 7.03. The Morgan fingerprint density at radius 3 is 2.73 bits per heavy atom. The van der Waals surface area contributed by atoms with Crippen LogP contribution in [-0.4, -0.2) is 38.4 Å². The number of methoxy groups -OCH3 is 1. The molecule has 0 amide bonds. The summed E-state index contributed by atoms with van der Waals surface area (Å²) in [7, 11) is 1.66. The number of halogens is 1. The van der Waals surface area contributed by atoms with E-state index in [9.17, 15) is 0 Å². The van der Waals surface area contributed by atoms with Crippen molar-refractivity contribution < 1.29 is 9.47 Å². The average Bonchev–Trinajstić information content (AvgIpc) is 2.43. The van der Waals surface area contributed by atoms with Crippen LogP contribution >= 0.6 is 24.0 Å². The van der Waals surface area contributed by atoms with Crippen molar-refractivity contribution in [3.8, 4) is 5.75 Å². The minimum atomic E-state index is 0. The SMILES string of the molecule is CCC(CN=C(N)NC(C)COC)Oc1cccc(C)c1.I. The summed E-state index contributed by atoms with van der Waals surface area (Å²) in [5, 5.41) is 3.08. The first-order chi connectivity index (χ1) is 10.0. The van der Waals surface area contributed by atoms with Crippen LogP contribution in [0.5, 0.6) is 5.75 Å². The number of benzene rings is 1. The van der Waals surface area contributed by atoms with E-state index in [0.29, 0.717) is 19.1 Å². The molecule has 0 aliphatic rings. The lowest BCUT2D eigenvalue weighted by Gasteiger charge is -2.17. The summed E-state index contributed by atoms with van der Waals surface area (Å²) in [6.45, 7) is 7.24. The quantitative estimate of drug-likeness (QED) is 0.385. The van der Waals surface area contributed by atoms with Crippen LogP contribution in [0.2, 0.25) is 0 Å². The van der Waals surface area contributed by atoms with Crippen LogP contribution < -0.4 is 15.8 Å². The molecule has 0 saturated carbocycles. The van der Waals surface area contributed by atoms with Crippen molar-refractivity contribution in [2.24, 2.45) is 10.7 Å². The van der Waals surface area contributed by atoms with E-state index in [0.717, 1.165) is 12.2 Å². The maximum atomic E-state index is 5.93. The van der Waals surface area contributed by atoms with Gasteiger partial charge in [-0.05, 0) is 38.0 Å². The second kappa shape index (κ2) is 11.5. The molecule has 3 N–H and O–H groups in total. The normalized spacial score (nSPS) is 13.9. The molecule has 0 fully saturated rings. The van der Waals surface area contributed by atoms with Gasteiger partial charge in [0.2, 0.25) is 0 Å². The van der Waals surface area contributed by atoms with Gasteiger partial charge in [-0.3, -0.25) is 0 Å². The van der Waals surface area contributed by atoms with Gasteiger partial charge in [-0.2, -0.15) is 0 Å². The molecule has 22 heavy (non-hydrogen) atoms. The predicted octanol–water partition coefficient (Wildman–Crippen LogP) is 2.71. The molecular formula is C16H28IN3O2. The molecule has 1 aromatic rings. The van der Waals surface area contributed by atoms with Gasteiger partial charge in [-0.25, -0.2) is 4.99 Å². The van der Waals surface area contributed by atoms with Crippen LogP contribution in [0.25, 0.3) is 0 Å². The van der Waals surface area contributed by atoms with E-state index in [4.69, 9.17) is 15.2 Å². The summed E-state index contributed by atoms with van der Waals surface area (Å²) >= 11 is 0. The zero-order valence-corrected chi connectivity index (χ0v) is 16.2. The summed E-state index contributed by atoms with van der Waals surface area (Å²) in [6, 6.07) is 8.15. The van der Waals surface area contributed by atoms with Crippen molar-refractivity contribution >= 4 is 29.9 Å². The molecule has 0 radical (unpaired) electrons. The van der Waals surface area contributed by atoms with Gasteiger partial charge in [0.15, 0.2) is 5.96 Å².